The Hall–Kier alpha value is -1.96. The predicted molar refractivity (Wildman–Crippen MR) is 74.9 cm³/mol. The van der Waals surface area contributed by atoms with Gasteiger partial charge in [0.2, 0.25) is 11.1 Å². The van der Waals surface area contributed by atoms with E-state index in [-0.39, 0.29) is 17.7 Å². The molecule has 0 saturated carbocycles. The molecular formula is C12H16N6OS. The van der Waals surface area contributed by atoms with Crippen LogP contribution in [0.3, 0.4) is 0 Å². The van der Waals surface area contributed by atoms with E-state index in [1.54, 1.807) is 19.4 Å². The fourth-order valence-corrected chi connectivity index (χ4v) is 2.39. The Bertz CT molecular complexity index is 558. The molecule has 1 N–H and O–H groups in total. The summed E-state index contributed by atoms with van der Waals surface area (Å²) in [4.78, 5) is 15.9. The minimum atomic E-state index is -0.0401. The van der Waals surface area contributed by atoms with Gasteiger partial charge in [-0.05, 0) is 34.5 Å². The van der Waals surface area contributed by atoms with Gasteiger partial charge in [-0.15, -0.1) is 5.10 Å². The van der Waals surface area contributed by atoms with Crippen molar-refractivity contribution in [3.05, 3.63) is 30.1 Å². The lowest BCUT2D eigenvalue weighted by Crippen LogP contribution is -2.29. The van der Waals surface area contributed by atoms with Crippen molar-refractivity contribution >= 4 is 17.7 Å². The van der Waals surface area contributed by atoms with Gasteiger partial charge in [-0.25, -0.2) is 4.68 Å². The third kappa shape index (κ3) is 3.77. The van der Waals surface area contributed by atoms with E-state index in [0.717, 1.165) is 12.0 Å². The largest absolute Gasteiger partial charge is 0.349 e. The van der Waals surface area contributed by atoms with E-state index in [9.17, 15) is 4.79 Å². The van der Waals surface area contributed by atoms with Gasteiger partial charge in [0.25, 0.3) is 0 Å². The third-order valence-corrected chi connectivity index (χ3v) is 3.78. The number of aromatic nitrogens is 5. The molecule has 106 valence electrons. The van der Waals surface area contributed by atoms with Crippen molar-refractivity contribution in [3.8, 4) is 0 Å². The summed E-state index contributed by atoms with van der Waals surface area (Å²) in [6.07, 6.45) is 4.28. The van der Waals surface area contributed by atoms with Crippen molar-refractivity contribution in [2.75, 3.05) is 5.75 Å². The Morgan fingerprint density at radius 2 is 2.20 bits per heavy atom. The first-order valence-electron chi connectivity index (χ1n) is 6.25. The molecule has 8 heteroatoms. The number of carbonyl (C=O) groups is 1. The first kappa shape index (κ1) is 14.4. The standard InChI is InChI=1S/C12H16N6OS/c1-3-10(9-4-6-13-7-5-9)14-11(19)8-20-12-15-16-17-18(12)2/h4-7,10H,3,8H2,1-2H3,(H,14,19)/t10-/m1/s1. The number of tetrazole rings is 1. The first-order valence-corrected chi connectivity index (χ1v) is 7.23. The van der Waals surface area contributed by atoms with E-state index in [0.29, 0.717) is 5.16 Å². The highest BCUT2D eigenvalue weighted by atomic mass is 32.2. The lowest BCUT2D eigenvalue weighted by Gasteiger charge is -2.16. The van der Waals surface area contributed by atoms with E-state index < -0.39 is 0 Å². The number of nitrogens with one attached hydrogen (secondary N) is 1. The quantitative estimate of drug-likeness (QED) is 0.798. The second kappa shape index (κ2) is 6.99. The lowest BCUT2D eigenvalue weighted by molar-refractivity contribution is -0.119. The van der Waals surface area contributed by atoms with E-state index in [2.05, 4.69) is 25.8 Å². The van der Waals surface area contributed by atoms with Crippen LogP contribution in [0.15, 0.2) is 29.7 Å². The van der Waals surface area contributed by atoms with Gasteiger partial charge in [0.15, 0.2) is 0 Å². The number of carbonyl (C=O) groups excluding carboxylic acids is 1. The van der Waals surface area contributed by atoms with Crippen LogP contribution in [0.1, 0.15) is 24.9 Å². The molecule has 7 nitrogen and oxygen atoms in total. The molecule has 2 aromatic heterocycles. The summed E-state index contributed by atoms with van der Waals surface area (Å²) in [6, 6.07) is 3.83. The van der Waals surface area contributed by atoms with Crippen molar-refractivity contribution in [2.45, 2.75) is 24.5 Å². The van der Waals surface area contributed by atoms with Crippen LogP contribution >= 0.6 is 11.8 Å². The zero-order valence-corrected chi connectivity index (χ0v) is 12.2. The van der Waals surface area contributed by atoms with Crippen molar-refractivity contribution in [1.82, 2.24) is 30.5 Å². The second-order valence-corrected chi connectivity index (χ2v) is 5.13. The van der Waals surface area contributed by atoms with Crippen LogP contribution in [0.25, 0.3) is 0 Å². The Balaban J connectivity index is 1.88. The van der Waals surface area contributed by atoms with Gasteiger partial charge in [-0.3, -0.25) is 9.78 Å². The summed E-state index contributed by atoms with van der Waals surface area (Å²) >= 11 is 1.31. The first-order chi connectivity index (χ1) is 9.70. The molecule has 0 aliphatic heterocycles. The summed E-state index contributed by atoms with van der Waals surface area (Å²) < 4.78 is 1.54. The maximum atomic E-state index is 12.0. The zero-order chi connectivity index (χ0) is 14.4. The van der Waals surface area contributed by atoms with E-state index in [1.807, 2.05) is 19.1 Å². The molecule has 1 amide bonds. The van der Waals surface area contributed by atoms with E-state index in [4.69, 9.17) is 0 Å². The van der Waals surface area contributed by atoms with Gasteiger partial charge >= 0.3 is 0 Å². The smallest absolute Gasteiger partial charge is 0.230 e. The van der Waals surface area contributed by atoms with Crippen molar-refractivity contribution in [1.29, 1.82) is 0 Å². The molecule has 0 unspecified atom stereocenters. The van der Waals surface area contributed by atoms with Gasteiger partial charge in [0, 0.05) is 19.4 Å². The molecule has 2 rings (SSSR count). The summed E-state index contributed by atoms with van der Waals surface area (Å²) in [5.74, 6) is 0.247. The van der Waals surface area contributed by atoms with Crippen LogP contribution in [0, 0.1) is 0 Å². The molecule has 0 aliphatic carbocycles. The average Bonchev–Trinajstić information content (AvgIpc) is 2.89. The molecule has 0 aliphatic rings. The summed E-state index contributed by atoms with van der Waals surface area (Å²) in [6.45, 7) is 2.03. The molecule has 0 fully saturated rings. The van der Waals surface area contributed by atoms with Crippen LogP contribution in [0.5, 0.6) is 0 Å². The van der Waals surface area contributed by atoms with Gasteiger partial charge in [-0.2, -0.15) is 0 Å². The molecule has 1 atom stereocenters. The maximum absolute atomic E-state index is 12.0. The van der Waals surface area contributed by atoms with Gasteiger partial charge in [0.1, 0.15) is 0 Å². The Kier molecular flexibility index (Phi) is 5.05. The van der Waals surface area contributed by atoms with E-state index >= 15 is 0 Å². The van der Waals surface area contributed by atoms with Gasteiger partial charge in [0.05, 0.1) is 11.8 Å². The summed E-state index contributed by atoms with van der Waals surface area (Å²) in [7, 11) is 1.74. The predicted octanol–water partition coefficient (Wildman–Crippen LogP) is 0.965. The van der Waals surface area contributed by atoms with Crippen LogP contribution in [-0.2, 0) is 11.8 Å². The van der Waals surface area contributed by atoms with Crippen molar-refractivity contribution in [3.63, 3.8) is 0 Å². The van der Waals surface area contributed by atoms with Gasteiger partial charge < -0.3 is 5.32 Å². The van der Waals surface area contributed by atoms with Crippen LogP contribution in [-0.4, -0.2) is 36.9 Å². The van der Waals surface area contributed by atoms with Gasteiger partial charge in [-0.1, -0.05) is 18.7 Å². The molecule has 20 heavy (non-hydrogen) atoms. The maximum Gasteiger partial charge on any atom is 0.230 e. The molecule has 2 heterocycles. The van der Waals surface area contributed by atoms with E-state index in [1.165, 1.54) is 16.4 Å². The monoisotopic (exact) mass is 292 g/mol. The molecule has 0 bridgehead atoms. The van der Waals surface area contributed by atoms with Crippen LogP contribution < -0.4 is 5.32 Å². The number of nitrogens with zero attached hydrogens (tertiary/aromatic N) is 5. The Morgan fingerprint density at radius 3 is 2.80 bits per heavy atom. The number of hydrogen-bond donors (Lipinski definition) is 1. The minimum Gasteiger partial charge on any atom is -0.349 e. The third-order valence-electron chi connectivity index (χ3n) is 2.77. The van der Waals surface area contributed by atoms with Crippen LogP contribution in [0.4, 0.5) is 0 Å². The van der Waals surface area contributed by atoms with Crippen molar-refractivity contribution < 1.29 is 4.79 Å². The Labute approximate surface area is 121 Å². The number of aryl methyl sites for hydroxylation is 1. The molecule has 0 saturated heterocycles. The Morgan fingerprint density at radius 1 is 1.45 bits per heavy atom. The fourth-order valence-electron chi connectivity index (χ4n) is 1.73. The number of amides is 1. The van der Waals surface area contributed by atoms with Crippen LogP contribution in [0.2, 0.25) is 0 Å². The number of hydrogen-bond acceptors (Lipinski definition) is 6. The summed E-state index contributed by atoms with van der Waals surface area (Å²) in [5, 5.41) is 14.7. The highest BCUT2D eigenvalue weighted by Crippen LogP contribution is 2.17. The average molecular weight is 292 g/mol. The van der Waals surface area contributed by atoms with Crippen molar-refractivity contribution in [2.24, 2.45) is 7.05 Å². The molecule has 0 radical (unpaired) electrons. The zero-order valence-electron chi connectivity index (χ0n) is 11.4. The topological polar surface area (TPSA) is 85.6 Å². The number of pyridine rings is 1. The lowest BCUT2D eigenvalue weighted by atomic mass is 10.1. The second-order valence-electron chi connectivity index (χ2n) is 4.18. The summed E-state index contributed by atoms with van der Waals surface area (Å²) in [5.41, 5.74) is 1.06. The fraction of sp³-hybridized carbons (Fsp3) is 0.417. The number of thioether (sulfide) groups is 1. The highest BCUT2D eigenvalue weighted by molar-refractivity contribution is 7.99. The molecular weight excluding hydrogens is 276 g/mol. The molecule has 0 aromatic carbocycles. The normalized spacial score (nSPS) is 12.1. The molecule has 0 spiro atoms. The SMILES string of the molecule is CC[C@@H](NC(=O)CSc1nnnn1C)c1ccncc1. The highest BCUT2D eigenvalue weighted by Gasteiger charge is 2.13. The minimum absolute atomic E-state index is 0.00345. The number of rotatable bonds is 6. The molecule has 2 aromatic rings.